The van der Waals surface area contributed by atoms with Crippen molar-refractivity contribution < 1.29 is 14.6 Å². The summed E-state index contributed by atoms with van der Waals surface area (Å²) in [5, 5.41) is 13.4. The van der Waals surface area contributed by atoms with E-state index in [-0.39, 0.29) is 0 Å². The Hall–Kier alpha value is -0.620. The molecule has 1 atom stereocenters. The highest BCUT2D eigenvalue weighted by molar-refractivity contribution is 9.10. The Morgan fingerprint density at radius 1 is 1.37 bits per heavy atom. The number of rotatable bonds is 8. The van der Waals surface area contributed by atoms with E-state index >= 15 is 0 Å². The summed E-state index contributed by atoms with van der Waals surface area (Å²) in [4.78, 5) is 0. The second-order valence-corrected chi connectivity index (χ2v) is 5.65. The molecule has 1 unspecified atom stereocenters. The zero-order valence-corrected chi connectivity index (χ0v) is 13.3. The number of halogens is 1. The summed E-state index contributed by atoms with van der Waals surface area (Å²) in [6.07, 6.45) is 0.607. The lowest BCUT2D eigenvalue weighted by Gasteiger charge is -2.23. The molecule has 0 bridgehead atoms. The standard InChI is InChI=1S/C14H22BrNO3/c1-14(17,6-7-18-2)10-16-9-11-8-12(19-3)4-5-13(11)15/h4-5,8,16-17H,6-7,9-10H2,1-3H3. The van der Waals surface area contributed by atoms with Gasteiger partial charge in [-0.05, 0) is 30.7 Å². The third-order valence-electron chi connectivity index (χ3n) is 2.92. The van der Waals surface area contributed by atoms with Crippen LogP contribution in [0.2, 0.25) is 0 Å². The maximum Gasteiger partial charge on any atom is 0.119 e. The summed E-state index contributed by atoms with van der Waals surface area (Å²) < 4.78 is 11.2. The molecule has 0 aliphatic heterocycles. The molecule has 1 rings (SSSR count). The summed E-state index contributed by atoms with van der Waals surface area (Å²) in [6, 6.07) is 5.84. The first-order valence-electron chi connectivity index (χ1n) is 6.23. The van der Waals surface area contributed by atoms with Crippen molar-refractivity contribution in [2.45, 2.75) is 25.5 Å². The fourth-order valence-corrected chi connectivity index (χ4v) is 2.08. The van der Waals surface area contributed by atoms with Gasteiger partial charge in [0.2, 0.25) is 0 Å². The Labute approximate surface area is 123 Å². The van der Waals surface area contributed by atoms with E-state index in [1.807, 2.05) is 18.2 Å². The zero-order chi connectivity index (χ0) is 14.3. The number of hydrogen-bond acceptors (Lipinski definition) is 4. The van der Waals surface area contributed by atoms with Gasteiger partial charge < -0.3 is 19.9 Å². The lowest BCUT2D eigenvalue weighted by atomic mass is 10.0. The van der Waals surface area contributed by atoms with E-state index < -0.39 is 5.60 Å². The van der Waals surface area contributed by atoms with Gasteiger partial charge in [0.1, 0.15) is 5.75 Å². The van der Waals surface area contributed by atoms with Gasteiger partial charge in [-0.2, -0.15) is 0 Å². The van der Waals surface area contributed by atoms with E-state index in [1.54, 1.807) is 21.1 Å². The Balaban J connectivity index is 2.48. The first kappa shape index (κ1) is 16.4. The molecule has 0 aliphatic rings. The molecule has 1 aromatic rings. The van der Waals surface area contributed by atoms with E-state index in [0.717, 1.165) is 15.8 Å². The molecule has 0 radical (unpaired) electrons. The van der Waals surface area contributed by atoms with Crippen LogP contribution in [0.1, 0.15) is 18.9 Å². The van der Waals surface area contributed by atoms with Crippen LogP contribution in [0.25, 0.3) is 0 Å². The van der Waals surface area contributed by atoms with Crippen molar-refractivity contribution in [3.63, 3.8) is 0 Å². The Bertz CT molecular complexity index is 396. The normalized spacial score (nSPS) is 14.2. The molecule has 0 aromatic heterocycles. The SMILES string of the molecule is COCCC(C)(O)CNCc1cc(OC)ccc1Br. The molecule has 0 saturated heterocycles. The van der Waals surface area contributed by atoms with Gasteiger partial charge in [-0.1, -0.05) is 15.9 Å². The molecular formula is C14H22BrNO3. The number of methoxy groups -OCH3 is 2. The number of hydrogen-bond donors (Lipinski definition) is 2. The minimum atomic E-state index is -0.763. The maximum absolute atomic E-state index is 10.1. The molecule has 1 aromatic carbocycles. The van der Waals surface area contributed by atoms with Crippen LogP contribution in [0.4, 0.5) is 0 Å². The van der Waals surface area contributed by atoms with Crippen molar-refractivity contribution in [1.82, 2.24) is 5.32 Å². The summed E-state index contributed by atoms with van der Waals surface area (Å²) in [7, 11) is 3.28. The highest BCUT2D eigenvalue weighted by Gasteiger charge is 2.19. The fourth-order valence-electron chi connectivity index (χ4n) is 1.69. The molecule has 0 fully saturated rings. The molecule has 0 aliphatic carbocycles. The number of aliphatic hydroxyl groups is 1. The topological polar surface area (TPSA) is 50.7 Å². The third kappa shape index (κ3) is 5.91. The average Bonchev–Trinajstić information content (AvgIpc) is 2.38. The average molecular weight is 332 g/mol. The van der Waals surface area contributed by atoms with E-state index in [4.69, 9.17) is 9.47 Å². The predicted molar refractivity (Wildman–Crippen MR) is 79.5 cm³/mol. The predicted octanol–water partition coefficient (Wildman–Crippen LogP) is 2.33. The van der Waals surface area contributed by atoms with Crippen molar-refractivity contribution in [3.05, 3.63) is 28.2 Å². The van der Waals surface area contributed by atoms with Gasteiger partial charge in [-0.3, -0.25) is 0 Å². The molecule has 2 N–H and O–H groups in total. The van der Waals surface area contributed by atoms with Crippen LogP contribution >= 0.6 is 15.9 Å². The number of ether oxygens (including phenoxy) is 2. The summed E-state index contributed by atoms with van der Waals surface area (Å²) in [6.45, 7) is 3.54. The molecule has 19 heavy (non-hydrogen) atoms. The number of benzene rings is 1. The van der Waals surface area contributed by atoms with Crippen molar-refractivity contribution >= 4 is 15.9 Å². The molecule has 108 valence electrons. The largest absolute Gasteiger partial charge is 0.497 e. The second kappa shape index (κ2) is 7.85. The maximum atomic E-state index is 10.1. The van der Waals surface area contributed by atoms with E-state index in [9.17, 15) is 5.11 Å². The summed E-state index contributed by atoms with van der Waals surface area (Å²) >= 11 is 3.50. The van der Waals surface area contributed by atoms with E-state index in [2.05, 4.69) is 21.2 Å². The van der Waals surface area contributed by atoms with Crippen LogP contribution in [-0.2, 0) is 11.3 Å². The lowest BCUT2D eigenvalue weighted by Crippen LogP contribution is -2.38. The molecule has 0 spiro atoms. The monoisotopic (exact) mass is 331 g/mol. The van der Waals surface area contributed by atoms with Crippen LogP contribution in [0.5, 0.6) is 5.75 Å². The highest BCUT2D eigenvalue weighted by atomic mass is 79.9. The van der Waals surface area contributed by atoms with Crippen molar-refractivity contribution in [2.24, 2.45) is 0 Å². The van der Waals surface area contributed by atoms with Gasteiger partial charge in [0.25, 0.3) is 0 Å². The first-order valence-corrected chi connectivity index (χ1v) is 7.02. The van der Waals surface area contributed by atoms with Gasteiger partial charge in [-0.25, -0.2) is 0 Å². The Morgan fingerprint density at radius 3 is 2.74 bits per heavy atom. The van der Waals surface area contributed by atoms with Gasteiger partial charge in [-0.15, -0.1) is 0 Å². The van der Waals surface area contributed by atoms with Crippen molar-refractivity contribution in [3.8, 4) is 5.75 Å². The van der Waals surface area contributed by atoms with Gasteiger partial charge in [0, 0.05) is 37.7 Å². The van der Waals surface area contributed by atoms with Crippen LogP contribution in [-0.4, -0.2) is 38.1 Å². The summed E-state index contributed by atoms with van der Waals surface area (Å²) in [5.41, 5.74) is 0.336. The molecular weight excluding hydrogens is 310 g/mol. The lowest BCUT2D eigenvalue weighted by molar-refractivity contribution is 0.0247. The first-order chi connectivity index (χ1) is 8.98. The fraction of sp³-hybridized carbons (Fsp3) is 0.571. The Kier molecular flexibility index (Phi) is 6.79. The van der Waals surface area contributed by atoms with Gasteiger partial charge >= 0.3 is 0 Å². The van der Waals surface area contributed by atoms with Crippen molar-refractivity contribution in [1.29, 1.82) is 0 Å². The molecule has 0 saturated carbocycles. The smallest absolute Gasteiger partial charge is 0.119 e. The minimum Gasteiger partial charge on any atom is -0.497 e. The highest BCUT2D eigenvalue weighted by Crippen LogP contribution is 2.22. The van der Waals surface area contributed by atoms with Crippen LogP contribution in [0.15, 0.2) is 22.7 Å². The molecule has 0 amide bonds. The van der Waals surface area contributed by atoms with Crippen LogP contribution < -0.4 is 10.1 Å². The van der Waals surface area contributed by atoms with Crippen LogP contribution in [0.3, 0.4) is 0 Å². The van der Waals surface area contributed by atoms with E-state index in [0.29, 0.717) is 26.1 Å². The van der Waals surface area contributed by atoms with Crippen molar-refractivity contribution in [2.75, 3.05) is 27.4 Å². The second-order valence-electron chi connectivity index (χ2n) is 4.80. The quantitative estimate of drug-likeness (QED) is 0.767. The summed E-state index contributed by atoms with van der Waals surface area (Å²) in [5.74, 6) is 0.825. The van der Waals surface area contributed by atoms with Gasteiger partial charge in [0.15, 0.2) is 0 Å². The van der Waals surface area contributed by atoms with Crippen LogP contribution in [0, 0.1) is 0 Å². The third-order valence-corrected chi connectivity index (χ3v) is 3.69. The van der Waals surface area contributed by atoms with E-state index in [1.165, 1.54) is 0 Å². The minimum absolute atomic E-state index is 0.514. The molecule has 5 heteroatoms. The number of nitrogens with one attached hydrogen (secondary N) is 1. The molecule has 0 heterocycles. The zero-order valence-electron chi connectivity index (χ0n) is 11.7. The molecule has 4 nitrogen and oxygen atoms in total. The Morgan fingerprint density at radius 2 is 2.11 bits per heavy atom. The van der Waals surface area contributed by atoms with Gasteiger partial charge in [0.05, 0.1) is 12.7 Å².